The number of carbonyl (C=O) groups is 1. The van der Waals surface area contributed by atoms with Crippen LogP contribution in [0.4, 0.5) is 4.39 Å². The second-order valence-corrected chi connectivity index (χ2v) is 8.18. The number of piperidine rings is 1. The Morgan fingerprint density at radius 3 is 2.81 bits per heavy atom. The van der Waals surface area contributed by atoms with Crippen molar-refractivity contribution in [2.24, 2.45) is 5.92 Å². The Morgan fingerprint density at radius 1 is 1.30 bits per heavy atom. The average Bonchev–Trinajstić information content (AvgIpc) is 3.36. The van der Waals surface area contributed by atoms with Crippen molar-refractivity contribution in [1.82, 2.24) is 15.1 Å². The van der Waals surface area contributed by atoms with Gasteiger partial charge in [-0.1, -0.05) is 6.07 Å². The van der Waals surface area contributed by atoms with Gasteiger partial charge in [-0.25, -0.2) is 4.39 Å². The minimum absolute atomic E-state index is 0.0119. The molecule has 1 aliphatic heterocycles. The van der Waals surface area contributed by atoms with Gasteiger partial charge in [0.15, 0.2) is 0 Å². The number of H-pyrrole nitrogens is 1. The predicted molar refractivity (Wildman–Crippen MR) is 105 cm³/mol. The Labute approximate surface area is 162 Å². The molecule has 1 saturated heterocycles. The third-order valence-electron chi connectivity index (χ3n) is 5.23. The molecule has 3 aromatic rings. The predicted octanol–water partition coefficient (Wildman–Crippen LogP) is 4.68. The maximum atomic E-state index is 13.5. The number of amides is 1. The number of aromatic amines is 1. The number of carbonyl (C=O) groups excluding carboxylic acids is 1. The van der Waals surface area contributed by atoms with Crippen LogP contribution in [0.5, 0.6) is 0 Å². The molecule has 27 heavy (non-hydrogen) atoms. The molecule has 1 fully saturated rings. The first kappa shape index (κ1) is 17.9. The second kappa shape index (κ2) is 7.64. The zero-order chi connectivity index (χ0) is 18.8. The highest BCUT2D eigenvalue weighted by molar-refractivity contribution is 7.09. The third kappa shape index (κ3) is 3.95. The summed E-state index contributed by atoms with van der Waals surface area (Å²) in [5, 5.41) is 9.21. The van der Waals surface area contributed by atoms with Crippen molar-refractivity contribution < 1.29 is 9.18 Å². The number of hydrogen-bond acceptors (Lipinski definition) is 3. The zero-order valence-corrected chi connectivity index (χ0v) is 16.1. The van der Waals surface area contributed by atoms with E-state index in [2.05, 4.69) is 27.7 Å². The highest BCUT2D eigenvalue weighted by Crippen LogP contribution is 2.25. The number of aryl methyl sites for hydroxylation is 1. The molecule has 6 heteroatoms. The van der Waals surface area contributed by atoms with Gasteiger partial charge in [0.2, 0.25) is 0 Å². The smallest absolute Gasteiger partial charge is 0.271 e. The van der Waals surface area contributed by atoms with Crippen LogP contribution in [0.1, 0.15) is 33.8 Å². The van der Waals surface area contributed by atoms with Crippen molar-refractivity contribution in [3.8, 4) is 11.3 Å². The lowest BCUT2D eigenvalue weighted by atomic mass is 9.93. The molecule has 1 aliphatic rings. The molecule has 0 saturated carbocycles. The standard InChI is InChI=1S/C21H22FN3OS/c1-14-11-16(4-5-18(14)22)19-13-20(24-23-19)21(26)25-8-6-15(7-9-25)12-17-3-2-10-27-17/h2-5,10-11,13,15H,6-9,12H2,1H3,(H,23,24). The summed E-state index contributed by atoms with van der Waals surface area (Å²) in [5.74, 6) is 0.394. The van der Waals surface area contributed by atoms with Crippen LogP contribution in [0.25, 0.3) is 11.3 Å². The summed E-state index contributed by atoms with van der Waals surface area (Å²) in [5.41, 5.74) is 2.52. The summed E-state index contributed by atoms with van der Waals surface area (Å²) >= 11 is 1.81. The van der Waals surface area contributed by atoms with Crippen molar-refractivity contribution in [2.75, 3.05) is 13.1 Å². The molecule has 1 aromatic carbocycles. The van der Waals surface area contributed by atoms with E-state index in [-0.39, 0.29) is 11.7 Å². The van der Waals surface area contributed by atoms with Crippen LogP contribution < -0.4 is 0 Å². The zero-order valence-electron chi connectivity index (χ0n) is 15.2. The van der Waals surface area contributed by atoms with E-state index in [4.69, 9.17) is 0 Å². The van der Waals surface area contributed by atoms with E-state index in [9.17, 15) is 9.18 Å². The van der Waals surface area contributed by atoms with Crippen molar-refractivity contribution in [3.05, 3.63) is 63.7 Å². The van der Waals surface area contributed by atoms with Crippen LogP contribution >= 0.6 is 11.3 Å². The summed E-state index contributed by atoms with van der Waals surface area (Å²) in [4.78, 5) is 16.1. The van der Waals surface area contributed by atoms with Crippen LogP contribution in [0.3, 0.4) is 0 Å². The van der Waals surface area contributed by atoms with Crippen LogP contribution in [-0.2, 0) is 6.42 Å². The lowest BCUT2D eigenvalue weighted by Gasteiger charge is -2.31. The van der Waals surface area contributed by atoms with Gasteiger partial charge in [0.25, 0.3) is 5.91 Å². The number of hydrogen-bond donors (Lipinski definition) is 1. The van der Waals surface area contributed by atoms with E-state index in [0.29, 0.717) is 22.9 Å². The SMILES string of the molecule is Cc1cc(-c2cc(C(=O)N3CCC(Cc4cccs4)CC3)[nH]n2)ccc1F. The van der Waals surface area contributed by atoms with E-state index in [1.165, 1.54) is 10.9 Å². The molecule has 0 bridgehead atoms. The van der Waals surface area contributed by atoms with Gasteiger partial charge in [0.05, 0.1) is 5.69 Å². The third-order valence-corrected chi connectivity index (χ3v) is 6.13. The number of nitrogens with zero attached hydrogens (tertiary/aromatic N) is 2. The van der Waals surface area contributed by atoms with Crippen molar-refractivity contribution in [2.45, 2.75) is 26.2 Å². The Balaban J connectivity index is 1.39. The largest absolute Gasteiger partial charge is 0.337 e. The summed E-state index contributed by atoms with van der Waals surface area (Å²) in [6.45, 7) is 3.27. The van der Waals surface area contributed by atoms with E-state index in [1.54, 1.807) is 36.5 Å². The number of halogens is 1. The molecule has 0 spiro atoms. The highest BCUT2D eigenvalue weighted by atomic mass is 32.1. The monoisotopic (exact) mass is 383 g/mol. The number of rotatable bonds is 4. The first-order chi connectivity index (χ1) is 13.1. The summed E-state index contributed by atoms with van der Waals surface area (Å²) in [7, 11) is 0. The van der Waals surface area contributed by atoms with Crippen LogP contribution in [0.2, 0.25) is 0 Å². The Bertz CT molecular complexity index is 927. The maximum Gasteiger partial charge on any atom is 0.271 e. The highest BCUT2D eigenvalue weighted by Gasteiger charge is 2.25. The van der Waals surface area contributed by atoms with E-state index >= 15 is 0 Å². The summed E-state index contributed by atoms with van der Waals surface area (Å²) in [6, 6.07) is 10.9. The van der Waals surface area contributed by atoms with Crippen molar-refractivity contribution in [1.29, 1.82) is 0 Å². The second-order valence-electron chi connectivity index (χ2n) is 7.15. The summed E-state index contributed by atoms with van der Waals surface area (Å²) < 4.78 is 13.5. The number of aromatic nitrogens is 2. The van der Waals surface area contributed by atoms with Gasteiger partial charge >= 0.3 is 0 Å². The number of nitrogens with one attached hydrogen (secondary N) is 1. The quantitative estimate of drug-likeness (QED) is 0.711. The number of benzene rings is 1. The average molecular weight is 383 g/mol. The van der Waals surface area contributed by atoms with E-state index < -0.39 is 0 Å². The Kier molecular flexibility index (Phi) is 5.07. The lowest BCUT2D eigenvalue weighted by molar-refractivity contribution is 0.0685. The van der Waals surface area contributed by atoms with Gasteiger partial charge in [-0.15, -0.1) is 11.3 Å². The molecule has 3 heterocycles. The van der Waals surface area contributed by atoms with Gasteiger partial charge in [-0.3, -0.25) is 9.89 Å². The first-order valence-corrected chi connectivity index (χ1v) is 10.1. The molecule has 0 aliphatic carbocycles. The fourth-order valence-electron chi connectivity index (χ4n) is 3.61. The molecule has 0 atom stereocenters. The van der Waals surface area contributed by atoms with Gasteiger partial charge < -0.3 is 4.90 Å². The van der Waals surface area contributed by atoms with Crippen molar-refractivity contribution >= 4 is 17.2 Å². The molecule has 1 amide bonds. The van der Waals surface area contributed by atoms with Crippen LogP contribution in [0.15, 0.2) is 41.8 Å². The van der Waals surface area contributed by atoms with Gasteiger partial charge in [0, 0.05) is 23.5 Å². The van der Waals surface area contributed by atoms with Crippen LogP contribution in [-0.4, -0.2) is 34.1 Å². The minimum atomic E-state index is -0.240. The molecular formula is C21H22FN3OS. The minimum Gasteiger partial charge on any atom is -0.337 e. The topological polar surface area (TPSA) is 49.0 Å². The molecule has 140 valence electrons. The molecule has 4 rings (SSSR count). The fourth-order valence-corrected chi connectivity index (χ4v) is 4.43. The molecule has 0 radical (unpaired) electrons. The summed E-state index contributed by atoms with van der Waals surface area (Å²) in [6.07, 6.45) is 3.17. The van der Waals surface area contributed by atoms with E-state index in [0.717, 1.165) is 37.9 Å². The molecule has 2 aromatic heterocycles. The maximum absolute atomic E-state index is 13.5. The molecule has 0 unspecified atom stereocenters. The van der Waals surface area contributed by atoms with Gasteiger partial charge in [-0.05, 0) is 73.4 Å². The lowest BCUT2D eigenvalue weighted by Crippen LogP contribution is -2.39. The van der Waals surface area contributed by atoms with E-state index in [1.807, 2.05) is 4.90 Å². The molecular weight excluding hydrogens is 361 g/mol. The Morgan fingerprint density at radius 2 is 2.11 bits per heavy atom. The Hall–Kier alpha value is -2.47. The fraction of sp³-hybridized carbons (Fsp3) is 0.333. The normalized spacial score (nSPS) is 15.3. The van der Waals surface area contributed by atoms with Crippen molar-refractivity contribution in [3.63, 3.8) is 0 Å². The first-order valence-electron chi connectivity index (χ1n) is 9.24. The number of likely N-dealkylation sites (tertiary alicyclic amines) is 1. The number of thiophene rings is 1. The van der Waals surface area contributed by atoms with Gasteiger partial charge in [-0.2, -0.15) is 5.10 Å². The molecule has 4 nitrogen and oxygen atoms in total. The van der Waals surface area contributed by atoms with Gasteiger partial charge in [0.1, 0.15) is 11.5 Å². The van der Waals surface area contributed by atoms with Crippen LogP contribution in [0, 0.1) is 18.7 Å². The molecule has 1 N–H and O–H groups in total.